The molecule has 0 bridgehead atoms. The molecule has 0 unspecified atom stereocenters. The zero-order valence-electron chi connectivity index (χ0n) is 27.2. The number of ether oxygens (including phenoxy) is 2. The van der Waals surface area contributed by atoms with Crippen molar-refractivity contribution in [3.63, 3.8) is 0 Å². The quantitative estimate of drug-likeness (QED) is 0.0376. The number of benzene rings is 2. The number of carbonyl (C=O) groups excluding carboxylic acids is 1. The van der Waals surface area contributed by atoms with Crippen molar-refractivity contribution >= 4 is 60.8 Å². The summed E-state index contributed by atoms with van der Waals surface area (Å²) >= 11 is 2.79. The Kier molecular flexibility index (Phi) is 10.5. The van der Waals surface area contributed by atoms with Crippen molar-refractivity contribution in [3.05, 3.63) is 65.0 Å². The average molecular weight is 656 g/mol. The Labute approximate surface area is 279 Å². The van der Waals surface area contributed by atoms with Gasteiger partial charge in [-0.15, -0.1) is 21.6 Å². The van der Waals surface area contributed by atoms with Crippen LogP contribution in [0.5, 0.6) is 11.5 Å². The predicted octanol–water partition coefficient (Wildman–Crippen LogP) is 10.8. The van der Waals surface area contributed by atoms with Crippen LogP contribution in [0.2, 0.25) is 0 Å². The standard InChI is InChI=1S/C36H41N5O3S2/c1-6-7-8-9-21-43-28-15-17-29(18-16-28)44-33(42)25(24-37)22-30-23-31-32(45-30)38-34(46-31)40-39-26-11-13-27(14-12-26)41-35(2,3)19-10-20-36(41,4)5/h11-18,22-23H,6-10,19-21H2,1-5H3/b25-22+,40-39+. The third kappa shape index (κ3) is 8.20. The molecule has 0 N–H and O–H groups in total. The van der Waals surface area contributed by atoms with Crippen molar-refractivity contribution in [2.75, 3.05) is 11.5 Å². The minimum atomic E-state index is -0.714. The molecular formula is C36H41N5O3S2. The first-order chi connectivity index (χ1) is 22.1. The molecule has 46 heavy (non-hydrogen) atoms. The molecule has 1 fully saturated rings. The van der Waals surface area contributed by atoms with Crippen molar-refractivity contribution in [1.82, 2.24) is 4.98 Å². The van der Waals surface area contributed by atoms with Crippen molar-refractivity contribution in [3.8, 4) is 17.6 Å². The lowest BCUT2D eigenvalue weighted by atomic mass is 9.79. The first-order valence-electron chi connectivity index (χ1n) is 15.9. The highest BCUT2D eigenvalue weighted by Gasteiger charge is 2.41. The SMILES string of the molecule is CCCCCCOc1ccc(OC(=O)/C(C#N)=C/c2cc3sc(/N=N/c4ccc(N5C(C)(C)CCCC5(C)C)cc4)nc3s2)cc1. The fourth-order valence-electron chi connectivity index (χ4n) is 6.08. The van der Waals surface area contributed by atoms with E-state index in [1.807, 2.05) is 24.3 Å². The van der Waals surface area contributed by atoms with E-state index in [1.54, 1.807) is 24.3 Å². The average Bonchev–Trinajstić information content (AvgIpc) is 3.57. The molecule has 8 nitrogen and oxygen atoms in total. The fourth-order valence-corrected chi connectivity index (χ4v) is 8.07. The molecule has 5 rings (SSSR count). The van der Waals surface area contributed by atoms with Gasteiger partial charge in [-0.2, -0.15) is 5.26 Å². The molecule has 0 radical (unpaired) electrons. The van der Waals surface area contributed by atoms with Gasteiger partial charge in [0.2, 0.25) is 5.13 Å². The second-order valence-corrected chi connectivity index (χ2v) is 14.9. The number of unbranched alkanes of at least 4 members (excludes halogenated alkanes) is 3. The van der Waals surface area contributed by atoms with Crippen LogP contribution >= 0.6 is 22.7 Å². The molecule has 2 aromatic heterocycles. The number of anilines is 1. The van der Waals surface area contributed by atoms with E-state index in [1.165, 1.54) is 66.5 Å². The Morgan fingerprint density at radius 1 is 0.978 bits per heavy atom. The first kappa shape index (κ1) is 33.3. The highest BCUT2D eigenvalue weighted by Crippen LogP contribution is 2.42. The van der Waals surface area contributed by atoms with Crippen LogP contribution in [0.15, 0.2) is 70.4 Å². The van der Waals surface area contributed by atoms with Crippen molar-refractivity contribution in [2.45, 2.75) is 90.6 Å². The maximum atomic E-state index is 12.7. The van der Waals surface area contributed by atoms with E-state index in [-0.39, 0.29) is 16.7 Å². The summed E-state index contributed by atoms with van der Waals surface area (Å²) in [5, 5.41) is 19.0. The molecule has 240 valence electrons. The number of piperidine rings is 1. The summed E-state index contributed by atoms with van der Waals surface area (Å²) in [5.41, 5.74) is 2.05. The van der Waals surface area contributed by atoms with Gasteiger partial charge in [0.05, 0.1) is 17.0 Å². The van der Waals surface area contributed by atoms with Crippen LogP contribution in [0.4, 0.5) is 16.5 Å². The molecule has 2 aromatic carbocycles. The molecule has 0 spiro atoms. The maximum Gasteiger partial charge on any atom is 0.354 e. The fraction of sp³-hybridized carbons (Fsp3) is 0.417. The summed E-state index contributed by atoms with van der Waals surface area (Å²) < 4.78 is 12.1. The van der Waals surface area contributed by atoms with E-state index >= 15 is 0 Å². The zero-order chi connectivity index (χ0) is 32.7. The van der Waals surface area contributed by atoms with E-state index in [2.05, 4.69) is 66.9 Å². The van der Waals surface area contributed by atoms with Gasteiger partial charge in [0, 0.05) is 21.6 Å². The van der Waals surface area contributed by atoms with Crippen LogP contribution < -0.4 is 14.4 Å². The van der Waals surface area contributed by atoms with Gasteiger partial charge < -0.3 is 14.4 Å². The molecule has 1 aliphatic rings. The highest BCUT2D eigenvalue weighted by atomic mass is 32.1. The molecule has 1 aliphatic heterocycles. The molecule has 1 saturated heterocycles. The number of nitriles is 1. The van der Waals surface area contributed by atoms with Crippen LogP contribution in [0.3, 0.4) is 0 Å². The first-order valence-corrected chi connectivity index (χ1v) is 17.5. The van der Waals surface area contributed by atoms with E-state index in [0.717, 1.165) is 38.7 Å². The highest BCUT2D eigenvalue weighted by molar-refractivity contribution is 7.29. The van der Waals surface area contributed by atoms with E-state index in [4.69, 9.17) is 9.47 Å². The van der Waals surface area contributed by atoms with Gasteiger partial charge >= 0.3 is 5.97 Å². The molecule has 10 heteroatoms. The van der Waals surface area contributed by atoms with Crippen LogP contribution in [-0.4, -0.2) is 28.6 Å². The number of nitrogens with zero attached hydrogens (tertiary/aromatic N) is 5. The number of aromatic nitrogens is 1. The molecule has 0 atom stereocenters. The van der Waals surface area contributed by atoms with Crippen molar-refractivity contribution in [1.29, 1.82) is 5.26 Å². The van der Waals surface area contributed by atoms with Crippen molar-refractivity contribution in [2.24, 2.45) is 10.2 Å². The van der Waals surface area contributed by atoms with Gasteiger partial charge in [-0.3, -0.25) is 0 Å². The summed E-state index contributed by atoms with van der Waals surface area (Å²) in [5.74, 6) is 0.354. The summed E-state index contributed by atoms with van der Waals surface area (Å²) in [4.78, 5) is 21.4. The Morgan fingerprint density at radius 3 is 2.33 bits per heavy atom. The predicted molar refractivity (Wildman–Crippen MR) is 188 cm³/mol. The summed E-state index contributed by atoms with van der Waals surface area (Å²) in [6, 6.07) is 19.0. The molecule has 0 amide bonds. The minimum Gasteiger partial charge on any atom is -0.494 e. The van der Waals surface area contributed by atoms with Gasteiger partial charge in [0.15, 0.2) is 0 Å². The minimum absolute atomic E-state index is 0.0920. The smallest absolute Gasteiger partial charge is 0.354 e. The van der Waals surface area contributed by atoms with Gasteiger partial charge in [-0.25, -0.2) is 9.78 Å². The van der Waals surface area contributed by atoms with Crippen LogP contribution in [0, 0.1) is 11.3 Å². The van der Waals surface area contributed by atoms with Crippen LogP contribution in [-0.2, 0) is 4.79 Å². The molecule has 4 aromatic rings. The number of rotatable bonds is 12. The normalized spacial score (nSPS) is 16.1. The van der Waals surface area contributed by atoms with Gasteiger partial charge in [-0.1, -0.05) is 37.5 Å². The molecule has 0 saturated carbocycles. The maximum absolute atomic E-state index is 12.7. The third-order valence-electron chi connectivity index (χ3n) is 8.17. The number of thiophene rings is 1. The zero-order valence-corrected chi connectivity index (χ0v) is 28.8. The van der Waals surface area contributed by atoms with Crippen molar-refractivity contribution < 1.29 is 14.3 Å². The second-order valence-electron chi connectivity index (χ2n) is 12.8. The number of carbonyl (C=O) groups is 1. The number of hydrogen-bond donors (Lipinski definition) is 0. The largest absolute Gasteiger partial charge is 0.494 e. The number of esters is 1. The topological polar surface area (TPSA) is 100 Å². The monoisotopic (exact) mass is 655 g/mol. The Balaban J connectivity index is 1.19. The summed E-state index contributed by atoms with van der Waals surface area (Å²) in [7, 11) is 0. The van der Waals surface area contributed by atoms with E-state index < -0.39 is 5.97 Å². The van der Waals surface area contributed by atoms with Gasteiger partial charge in [0.1, 0.15) is 28.0 Å². The second kappa shape index (κ2) is 14.6. The number of fused-ring (bicyclic) bond motifs is 1. The lowest BCUT2D eigenvalue weighted by Crippen LogP contribution is -2.58. The third-order valence-corrected chi connectivity index (χ3v) is 10.2. The van der Waals surface area contributed by atoms with Gasteiger partial charge in [-0.05, 0) is 114 Å². The lowest BCUT2D eigenvalue weighted by molar-refractivity contribution is -0.129. The number of thiazole rings is 1. The molecular weight excluding hydrogens is 615 g/mol. The van der Waals surface area contributed by atoms with Gasteiger partial charge in [0.25, 0.3) is 0 Å². The van der Waals surface area contributed by atoms with E-state index in [0.29, 0.717) is 17.5 Å². The summed E-state index contributed by atoms with van der Waals surface area (Å²) in [6.07, 6.45) is 9.64. The molecule has 3 heterocycles. The van der Waals surface area contributed by atoms with Crippen LogP contribution in [0.25, 0.3) is 15.6 Å². The lowest BCUT2D eigenvalue weighted by Gasteiger charge is -2.54. The van der Waals surface area contributed by atoms with E-state index in [9.17, 15) is 10.1 Å². The Hall–Kier alpha value is -4.07. The number of azo groups is 1. The number of hydrogen-bond acceptors (Lipinski definition) is 10. The Bertz CT molecular complexity index is 1700. The summed E-state index contributed by atoms with van der Waals surface area (Å²) in [6.45, 7) is 12.1. The Morgan fingerprint density at radius 2 is 1.67 bits per heavy atom. The van der Waals surface area contributed by atoms with Crippen LogP contribution in [0.1, 0.15) is 84.4 Å². The molecule has 0 aliphatic carbocycles.